The zero-order valence-corrected chi connectivity index (χ0v) is 13.9. The number of rotatable bonds is 4. The van der Waals surface area contributed by atoms with Gasteiger partial charge in [0.1, 0.15) is 11.3 Å². The first-order valence-electron chi connectivity index (χ1n) is 7.54. The number of hydrogen-bond acceptors (Lipinski definition) is 4. The topological polar surface area (TPSA) is 68.5 Å². The van der Waals surface area contributed by atoms with Crippen LogP contribution in [0.3, 0.4) is 0 Å². The number of benzene rings is 1. The van der Waals surface area contributed by atoms with Crippen LogP contribution >= 0.6 is 0 Å². The van der Waals surface area contributed by atoms with Crippen molar-refractivity contribution in [3.8, 4) is 5.75 Å². The minimum absolute atomic E-state index is 0.0365. The molecule has 2 aromatic heterocycles. The number of hydrogen-bond donors (Lipinski definition) is 1. The van der Waals surface area contributed by atoms with E-state index >= 15 is 0 Å². The predicted molar refractivity (Wildman–Crippen MR) is 88.2 cm³/mol. The van der Waals surface area contributed by atoms with Gasteiger partial charge >= 0.3 is 6.61 Å². The van der Waals surface area contributed by atoms with Crippen molar-refractivity contribution in [1.82, 2.24) is 14.6 Å². The molecular weight excluding hydrogens is 330 g/mol. The molecule has 3 rings (SSSR count). The molecule has 8 heteroatoms. The van der Waals surface area contributed by atoms with Gasteiger partial charge in [-0.05, 0) is 50.6 Å². The van der Waals surface area contributed by atoms with Crippen LogP contribution in [-0.2, 0) is 0 Å². The lowest BCUT2D eigenvalue weighted by atomic mass is 10.2. The Bertz CT molecular complexity index is 953. The third-order valence-corrected chi connectivity index (χ3v) is 3.69. The van der Waals surface area contributed by atoms with Crippen molar-refractivity contribution < 1.29 is 18.3 Å². The van der Waals surface area contributed by atoms with Crippen LogP contribution in [0.5, 0.6) is 5.75 Å². The van der Waals surface area contributed by atoms with E-state index in [1.807, 2.05) is 19.9 Å². The van der Waals surface area contributed by atoms with E-state index in [0.717, 1.165) is 11.4 Å². The number of aromatic nitrogens is 3. The summed E-state index contributed by atoms with van der Waals surface area (Å²) in [6.45, 7) is 2.52. The number of carbonyl (C=O) groups is 1. The van der Waals surface area contributed by atoms with Gasteiger partial charge in [-0.25, -0.2) is 9.50 Å². The maximum Gasteiger partial charge on any atom is 0.387 e. The minimum atomic E-state index is -2.89. The van der Waals surface area contributed by atoms with Gasteiger partial charge in [-0.15, -0.1) is 0 Å². The molecule has 130 valence electrons. The first-order chi connectivity index (χ1) is 11.8. The molecule has 3 aromatic rings. The summed E-state index contributed by atoms with van der Waals surface area (Å²) >= 11 is 0. The first kappa shape index (κ1) is 16.8. The molecule has 1 N–H and O–H groups in total. The Morgan fingerprint density at radius 2 is 2.00 bits per heavy atom. The van der Waals surface area contributed by atoms with Crippen LogP contribution in [0, 0.1) is 20.8 Å². The maximum absolute atomic E-state index is 12.6. The average molecular weight is 346 g/mol. The van der Waals surface area contributed by atoms with Gasteiger partial charge in [-0.3, -0.25) is 4.79 Å². The van der Waals surface area contributed by atoms with E-state index < -0.39 is 6.61 Å². The van der Waals surface area contributed by atoms with Crippen molar-refractivity contribution in [3.63, 3.8) is 0 Å². The third-order valence-electron chi connectivity index (χ3n) is 3.69. The second kappa shape index (κ2) is 6.46. The number of ether oxygens (including phenoxy) is 1. The molecule has 0 aliphatic carbocycles. The van der Waals surface area contributed by atoms with Gasteiger partial charge in [0.2, 0.25) is 0 Å². The lowest BCUT2D eigenvalue weighted by Crippen LogP contribution is -2.13. The molecule has 0 saturated heterocycles. The van der Waals surface area contributed by atoms with Crippen LogP contribution in [0.15, 0.2) is 30.5 Å². The van der Waals surface area contributed by atoms with Crippen molar-refractivity contribution in [2.75, 3.05) is 5.32 Å². The SMILES string of the molecule is Cc1cc(C)n2ncc(C(=O)Nc3ccc(OC(F)F)cc3C)c2n1. The molecule has 0 aliphatic heterocycles. The lowest BCUT2D eigenvalue weighted by molar-refractivity contribution is -0.0498. The monoisotopic (exact) mass is 346 g/mol. The Morgan fingerprint density at radius 3 is 2.68 bits per heavy atom. The second-order valence-corrected chi connectivity index (χ2v) is 5.64. The van der Waals surface area contributed by atoms with Gasteiger partial charge in [-0.1, -0.05) is 0 Å². The number of aryl methyl sites for hydroxylation is 3. The Labute approximate surface area is 142 Å². The van der Waals surface area contributed by atoms with Crippen molar-refractivity contribution in [2.24, 2.45) is 0 Å². The van der Waals surface area contributed by atoms with Gasteiger partial charge in [0.25, 0.3) is 5.91 Å². The van der Waals surface area contributed by atoms with Crippen LogP contribution in [0.4, 0.5) is 14.5 Å². The number of amides is 1. The normalized spacial score (nSPS) is 11.1. The smallest absolute Gasteiger partial charge is 0.387 e. The van der Waals surface area contributed by atoms with E-state index in [-0.39, 0.29) is 11.7 Å². The standard InChI is InChI=1S/C17H16F2N4O2/c1-9-6-12(25-17(18)19)4-5-14(9)22-16(24)13-8-20-23-11(3)7-10(2)21-15(13)23/h4-8,17H,1-3H3,(H,22,24). The number of fused-ring (bicyclic) bond motifs is 1. The summed E-state index contributed by atoms with van der Waals surface area (Å²) in [7, 11) is 0. The van der Waals surface area contributed by atoms with Crippen LogP contribution < -0.4 is 10.1 Å². The molecule has 0 aliphatic rings. The van der Waals surface area contributed by atoms with Crippen LogP contribution in [-0.4, -0.2) is 27.1 Å². The molecule has 6 nitrogen and oxygen atoms in total. The summed E-state index contributed by atoms with van der Waals surface area (Å²) in [6, 6.07) is 6.19. The number of anilines is 1. The van der Waals surface area contributed by atoms with Crippen molar-refractivity contribution in [3.05, 3.63) is 53.0 Å². The number of alkyl halides is 2. The highest BCUT2D eigenvalue weighted by Gasteiger charge is 2.16. The zero-order chi connectivity index (χ0) is 18.1. The van der Waals surface area contributed by atoms with Crippen molar-refractivity contribution in [1.29, 1.82) is 0 Å². The van der Waals surface area contributed by atoms with E-state index in [1.54, 1.807) is 11.4 Å². The molecule has 0 spiro atoms. The largest absolute Gasteiger partial charge is 0.435 e. The summed E-state index contributed by atoms with van der Waals surface area (Å²) in [5, 5.41) is 6.93. The highest BCUT2D eigenvalue weighted by molar-refractivity contribution is 6.08. The summed E-state index contributed by atoms with van der Waals surface area (Å²) in [5.41, 5.74) is 3.54. The molecule has 0 fully saturated rings. The predicted octanol–water partition coefficient (Wildman–Crippen LogP) is 3.51. The van der Waals surface area contributed by atoms with Crippen LogP contribution in [0.1, 0.15) is 27.3 Å². The number of nitrogens with zero attached hydrogens (tertiary/aromatic N) is 3. The molecular formula is C17H16F2N4O2. The van der Waals surface area contributed by atoms with Crippen molar-refractivity contribution in [2.45, 2.75) is 27.4 Å². The fourth-order valence-electron chi connectivity index (χ4n) is 2.57. The fourth-order valence-corrected chi connectivity index (χ4v) is 2.57. The Balaban J connectivity index is 1.88. The molecule has 25 heavy (non-hydrogen) atoms. The highest BCUT2D eigenvalue weighted by atomic mass is 19.3. The quantitative estimate of drug-likeness (QED) is 0.785. The average Bonchev–Trinajstić information content (AvgIpc) is 2.93. The lowest BCUT2D eigenvalue weighted by Gasteiger charge is -2.10. The molecule has 0 bridgehead atoms. The van der Waals surface area contributed by atoms with Crippen molar-refractivity contribution >= 4 is 17.2 Å². The Kier molecular flexibility index (Phi) is 4.35. The van der Waals surface area contributed by atoms with E-state index in [0.29, 0.717) is 22.5 Å². The maximum atomic E-state index is 12.6. The molecule has 0 unspecified atom stereocenters. The highest BCUT2D eigenvalue weighted by Crippen LogP contribution is 2.23. The molecule has 0 atom stereocenters. The van der Waals surface area contributed by atoms with Gasteiger partial charge < -0.3 is 10.1 Å². The number of halogens is 2. The fraction of sp³-hybridized carbons (Fsp3) is 0.235. The molecule has 0 radical (unpaired) electrons. The summed E-state index contributed by atoms with van der Waals surface area (Å²) in [4.78, 5) is 16.9. The second-order valence-electron chi connectivity index (χ2n) is 5.64. The van der Waals surface area contributed by atoms with E-state index in [1.165, 1.54) is 24.4 Å². The van der Waals surface area contributed by atoms with Crippen LogP contribution in [0.2, 0.25) is 0 Å². The molecule has 1 aromatic carbocycles. The minimum Gasteiger partial charge on any atom is -0.435 e. The molecule has 2 heterocycles. The third kappa shape index (κ3) is 3.42. The summed E-state index contributed by atoms with van der Waals surface area (Å²) in [5.74, 6) is -0.340. The summed E-state index contributed by atoms with van der Waals surface area (Å²) < 4.78 is 30.4. The Morgan fingerprint density at radius 1 is 1.24 bits per heavy atom. The summed E-state index contributed by atoms with van der Waals surface area (Å²) in [6.07, 6.45) is 1.45. The Hall–Kier alpha value is -3.03. The number of carbonyl (C=O) groups excluding carboxylic acids is 1. The first-order valence-corrected chi connectivity index (χ1v) is 7.54. The van der Waals surface area contributed by atoms with Gasteiger partial charge in [0, 0.05) is 17.1 Å². The zero-order valence-electron chi connectivity index (χ0n) is 13.9. The van der Waals surface area contributed by atoms with Gasteiger partial charge in [0.05, 0.1) is 6.20 Å². The molecule has 1 amide bonds. The van der Waals surface area contributed by atoms with E-state index in [9.17, 15) is 13.6 Å². The van der Waals surface area contributed by atoms with Gasteiger partial charge in [0.15, 0.2) is 5.65 Å². The van der Waals surface area contributed by atoms with Gasteiger partial charge in [-0.2, -0.15) is 13.9 Å². The van der Waals surface area contributed by atoms with Crippen LogP contribution in [0.25, 0.3) is 5.65 Å². The van der Waals surface area contributed by atoms with E-state index in [2.05, 4.69) is 20.1 Å². The van der Waals surface area contributed by atoms with E-state index in [4.69, 9.17) is 0 Å². The molecule has 0 saturated carbocycles. The number of nitrogens with one attached hydrogen (secondary N) is 1.